The second-order valence-electron chi connectivity index (χ2n) is 5.67. The van der Waals surface area contributed by atoms with Gasteiger partial charge in [0.15, 0.2) is 0 Å². The van der Waals surface area contributed by atoms with E-state index in [1.54, 1.807) is 4.90 Å². The first kappa shape index (κ1) is 13.8. The van der Waals surface area contributed by atoms with Crippen LogP contribution in [0.3, 0.4) is 0 Å². The molecule has 1 aromatic rings. The molecule has 0 radical (unpaired) electrons. The molecule has 0 bridgehead atoms. The summed E-state index contributed by atoms with van der Waals surface area (Å²) in [6, 6.07) is 6.65. The Labute approximate surface area is 122 Å². The number of amides is 2. The van der Waals surface area contributed by atoms with Crippen molar-refractivity contribution in [2.45, 2.75) is 25.0 Å². The summed E-state index contributed by atoms with van der Waals surface area (Å²) in [5.74, 6) is -0.326. The molecule has 2 aliphatic heterocycles. The van der Waals surface area contributed by atoms with Crippen molar-refractivity contribution >= 4 is 6.03 Å². The molecule has 0 spiro atoms. The summed E-state index contributed by atoms with van der Waals surface area (Å²) in [7, 11) is 1.82. The maximum absolute atomic E-state index is 13.4. The molecule has 110 valence electrons. The second kappa shape index (κ2) is 5.34. The van der Waals surface area contributed by atoms with Gasteiger partial charge in [-0.3, -0.25) is 4.90 Å². The number of carbonyl (C=O) groups excluding carboxylic acids is 1. The first-order valence-electron chi connectivity index (χ1n) is 7.02. The quantitative estimate of drug-likeness (QED) is 0.892. The minimum Gasteiger partial charge on any atom is -0.332 e. The van der Waals surface area contributed by atoms with Gasteiger partial charge in [-0.1, -0.05) is 0 Å². The standard InChI is InChI=1S/C15H17FN4O/c1-19-14-4-5-20(9-13(14)18-15(19)21)8-11-6-12(16)3-2-10(11)7-17/h2-3,6,13-14H,4-5,8-9H2,1H3,(H,18,21)/t13-,14+/m1/s1. The lowest BCUT2D eigenvalue weighted by Crippen LogP contribution is -2.50. The Hall–Kier alpha value is -2.13. The SMILES string of the molecule is CN1C(=O)N[C@@H]2CN(Cc3cc(F)ccc3C#N)CC[C@@H]21. The van der Waals surface area contributed by atoms with Gasteiger partial charge in [-0.2, -0.15) is 5.26 Å². The van der Waals surface area contributed by atoms with Crippen LogP contribution in [-0.4, -0.2) is 48.1 Å². The number of piperidine rings is 1. The largest absolute Gasteiger partial charge is 0.332 e. The third-order valence-corrected chi connectivity index (χ3v) is 4.37. The lowest BCUT2D eigenvalue weighted by molar-refractivity contribution is 0.147. The molecule has 2 aliphatic rings. The monoisotopic (exact) mass is 288 g/mol. The summed E-state index contributed by atoms with van der Waals surface area (Å²) < 4.78 is 13.4. The van der Waals surface area contributed by atoms with Crippen molar-refractivity contribution in [3.8, 4) is 6.07 Å². The van der Waals surface area contributed by atoms with Crippen LogP contribution in [0.25, 0.3) is 0 Å². The number of urea groups is 1. The van der Waals surface area contributed by atoms with Crippen molar-refractivity contribution in [2.24, 2.45) is 0 Å². The third-order valence-electron chi connectivity index (χ3n) is 4.37. The Morgan fingerprint density at radius 1 is 1.52 bits per heavy atom. The number of halogens is 1. The van der Waals surface area contributed by atoms with Crippen LogP contribution in [0.4, 0.5) is 9.18 Å². The molecule has 2 heterocycles. The molecule has 0 unspecified atom stereocenters. The van der Waals surface area contributed by atoms with E-state index in [0.29, 0.717) is 17.7 Å². The molecule has 6 heteroatoms. The van der Waals surface area contributed by atoms with Gasteiger partial charge in [0.25, 0.3) is 0 Å². The second-order valence-corrected chi connectivity index (χ2v) is 5.67. The van der Waals surface area contributed by atoms with Gasteiger partial charge in [-0.25, -0.2) is 9.18 Å². The highest BCUT2D eigenvalue weighted by Crippen LogP contribution is 2.23. The number of carbonyl (C=O) groups is 1. The predicted octanol–water partition coefficient (Wildman–Crippen LogP) is 1.30. The van der Waals surface area contributed by atoms with E-state index >= 15 is 0 Å². The Morgan fingerprint density at radius 3 is 3.10 bits per heavy atom. The Balaban J connectivity index is 1.72. The highest BCUT2D eigenvalue weighted by molar-refractivity contribution is 5.77. The smallest absolute Gasteiger partial charge is 0.317 e. The molecule has 0 saturated carbocycles. The van der Waals surface area contributed by atoms with Crippen molar-refractivity contribution in [1.29, 1.82) is 5.26 Å². The van der Waals surface area contributed by atoms with E-state index in [-0.39, 0.29) is 23.9 Å². The number of likely N-dealkylation sites (tertiary alicyclic amines) is 1. The fraction of sp³-hybridized carbons (Fsp3) is 0.467. The minimum atomic E-state index is -0.326. The summed E-state index contributed by atoms with van der Waals surface area (Å²) in [4.78, 5) is 15.6. The average molecular weight is 288 g/mol. The van der Waals surface area contributed by atoms with Crippen molar-refractivity contribution in [3.05, 3.63) is 35.1 Å². The lowest BCUT2D eigenvalue weighted by Gasteiger charge is -2.35. The first-order valence-corrected chi connectivity index (χ1v) is 7.02. The lowest BCUT2D eigenvalue weighted by atomic mass is 9.99. The maximum Gasteiger partial charge on any atom is 0.317 e. The number of benzene rings is 1. The van der Waals surface area contributed by atoms with Gasteiger partial charge >= 0.3 is 6.03 Å². The van der Waals surface area contributed by atoms with E-state index in [0.717, 1.165) is 19.5 Å². The predicted molar refractivity (Wildman–Crippen MR) is 74.9 cm³/mol. The summed E-state index contributed by atoms with van der Waals surface area (Å²) in [5.41, 5.74) is 1.21. The van der Waals surface area contributed by atoms with Gasteiger partial charge in [0.1, 0.15) is 5.82 Å². The topological polar surface area (TPSA) is 59.4 Å². The van der Waals surface area contributed by atoms with E-state index in [1.165, 1.54) is 18.2 Å². The Bertz CT molecular complexity index is 612. The molecular weight excluding hydrogens is 271 g/mol. The van der Waals surface area contributed by atoms with Crippen LogP contribution in [0, 0.1) is 17.1 Å². The van der Waals surface area contributed by atoms with Crippen molar-refractivity contribution < 1.29 is 9.18 Å². The highest BCUT2D eigenvalue weighted by atomic mass is 19.1. The Morgan fingerprint density at radius 2 is 2.33 bits per heavy atom. The zero-order valence-electron chi connectivity index (χ0n) is 11.8. The van der Waals surface area contributed by atoms with E-state index < -0.39 is 0 Å². The van der Waals surface area contributed by atoms with Crippen LogP contribution in [0.1, 0.15) is 17.5 Å². The average Bonchev–Trinajstić information content (AvgIpc) is 2.74. The van der Waals surface area contributed by atoms with Crippen LogP contribution in [0.2, 0.25) is 0 Å². The molecule has 0 aliphatic carbocycles. The van der Waals surface area contributed by atoms with Gasteiger partial charge in [0, 0.05) is 26.7 Å². The van der Waals surface area contributed by atoms with Gasteiger partial charge < -0.3 is 10.2 Å². The molecule has 2 fully saturated rings. The van der Waals surface area contributed by atoms with E-state index in [9.17, 15) is 9.18 Å². The van der Waals surface area contributed by atoms with E-state index in [4.69, 9.17) is 5.26 Å². The van der Waals surface area contributed by atoms with E-state index in [2.05, 4.69) is 16.3 Å². The van der Waals surface area contributed by atoms with Crippen LogP contribution in [0.15, 0.2) is 18.2 Å². The fourth-order valence-corrected chi connectivity index (χ4v) is 3.21. The Kier molecular flexibility index (Phi) is 3.52. The number of hydrogen-bond acceptors (Lipinski definition) is 3. The molecule has 1 aromatic carbocycles. The minimum absolute atomic E-state index is 0.0321. The molecule has 5 nitrogen and oxygen atoms in total. The molecule has 2 saturated heterocycles. The van der Waals surface area contributed by atoms with Crippen LogP contribution in [-0.2, 0) is 6.54 Å². The molecule has 0 aromatic heterocycles. The highest BCUT2D eigenvalue weighted by Gasteiger charge is 2.40. The number of nitrogens with zero attached hydrogens (tertiary/aromatic N) is 3. The summed E-state index contributed by atoms with van der Waals surface area (Å²) in [6.45, 7) is 2.09. The van der Waals surface area contributed by atoms with Gasteiger partial charge in [-0.15, -0.1) is 0 Å². The number of hydrogen-bond donors (Lipinski definition) is 1. The van der Waals surface area contributed by atoms with Gasteiger partial charge in [-0.05, 0) is 30.2 Å². The fourth-order valence-electron chi connectivity index (χ4n) is 3.21. The van der Waals surface area contributed by atoms with Crippen molar-refractivity contribution in [1.82, 2.24) is 15.1 Å². The van der Waals surface area contributed by atoms with Crippen LogP contribution < -0.4 is 5.32 Å². The number of rotatable bonds is 2. The molecule has 3 rings (SSSR count). The summed E-state index contributed by atoms with van der Waals surface area (Å²) in [6.07, 6.45) is 0.886. The van der Waals surface area contributed by atoms with Gasteiger partial charge in [0.05, 0.1) is 23.7 Å². The molecule has 21 heavy (non-hydrogen) atoms. The van der Waals surface area contributed by atoms with E-state index in [1.807, 2.05) is 7.05 Å². The zero-order valence-corrected chi connectivity index (χ0v) is 11.8. The van der Waals surface area contributed by atoms with Crippen molar-refractivity contribution in [3.63, 3.8) is 0 Å². The first-order chi connectivity index (χ1) is 10.1. The molecule has 2 atom stereocenters. The summed E-state index contributed by atoms with van der Waals surface area (Å²) in [5, 5.41) is 12.1. The molecule has 2 amide bonds. The van der Waals surface area contributed by atoms with Crippen molar-refractivity contribution in [2.75, 3.05) is 20.1 Å². The zero-order chi connectivity index (χ0) is 15.0. The van der Waals surface area contributed by atoms with Crippen LogP contribution in [0.5, 0.6) is 0 Å². The normalized spacial score (nSPS) is 25.4. The third kappa shape index (κ3) is 2.57. The maximum atomic E-state index is 13.4. The van der Waals surface area contributed by atoms with Gasteiger partial charge in [0.2, 0.25) is 0 Å². The number of likely N-dealkylation sites (N-methyl/N-ethyl adjacent to an activating group) is 1. The molecule has 1 N–H and O–H groups in total. The summed E-state index contributed by atoms with van der Waals surface area (Å²) >= 11 is 0. The number of nitrogens with one attached hydrogen (secondary N) is 1. The molecular formula is C15H17FN4O. The number of fused-ring (bicyclic) bond motifs is 1. The number of nitriles is 1. The van der Waals surface area contributed by atoms with Crippen LogP contribution >= 0.6 is 0 Å².